The lowest BCUT2D eigenvalue weighted by Gasteiger charge is -2.26. The van der Waals surface area contributed by atoms with E-state index in [-0.39, 0.29) is 28.1 Å². The predicted octanol–water partition coefficient (Wildman–Crippen LogP) is 5.62. The fraction of sp³-hybridized carbons (Fsp3) is 0.250. The van der Waals surface area contributed by atoms with Gasteiger partial charge in [-0.3, -0.25) is 9.69 Å². The largest absolute Gasteiger partial charge is 0.379 e. The summed E-state index contributed by atoms with van der Waals surface area (Å²) in [6.07, 6.45) is 3.77. The highest BCUT2D eigenvalue weighted by molar-refractivity contribution is 7.87. The van der Waals surface area contributed by atoms with E-state index in [0.29, 0.717) is 16.7 Å². The SMILES string of the molecule is O=C1NCc2c(OS(=O)(=O)c3ccc(F)cc3Cl)ccc(-c3cc4cc(CN5CCCCC5)ccc4[nH]3)c21. The molecule has 7 nitrogen and oxygen atoms in total. The van der Waals surface area contributed by atoms with Crippen molar-refractivity contribution in [1.29, 1.82) is 0 Å². The van der Waals surface area contributed by atoms with Gasteiger partial charge in [0.15, 0.2) is 0 Å². The van der Waals surface area contributed by atoms with E-state index in [1.54, 1.807) is 6.07 Å². The summed E-state index contributed by atoms with van der Waals surface area (Å²) in [6.45, 7) is 3.27. The molecule has 0 unspecified atom stereocenters. The number of likely N-dealkylation sites (tertiary alicyclic amines) is 1. The average Bonchev–Trinajstić information content (AvgIpc) is 3.48. The summed E-state index contributed by atoms with van der Waals surface area (Å²) >= 11 is 5.96. The molecule has 1 fully saturated rings. The number of nitrogens with zero attached hydrogens (tertiary/aromatic N) is 1. The third-order valence-corrected chi connectivity index (χ3v) is 8.83. The molecule has 3 heterocycles. The smallest absolute Gasteiger partial charge is 0.340 e. The molecule has 1 aromatic heterocycles. The summed E-state index contributed by atoms with van der Waals surface area (Å²) in [7, 11) is -4.36. The lowest BCUT2D eigenvalue weighted by molar-refractivity contribution is 0.0966. The normalized spacial score (nSPS) is 16.0. The zero-order chi connectivity index (χ0) is 26.4. The first-order valence-corrected chi connectivity index (χ1v) is 14.2. The van der Waals surface area contributed by atoms with E-state index in [0.717, 1.165) is 54.4 Å². The minimum absolute atomic E-state index is 0.0161. The zero-order valence-electron chi connectivity index (χ0n) is 20.4. The molecule has 1 amide bonds. The Morgan fingerprint density at radius 3 is 2.61 bits per heavy atom. The Labute approximate surface area is 224 Å². The number of carbonyl (C=O) groups is 1. The number of halogens is 2. The second-order valence-corrected chi connectivity index (χ2v) is 11.6. The van der Waals surface area contributed by atoms with E-state index < -0.39 is 15.9 Å². The van der Waals surface area contributed by atoms with Crippen molar-refractivity contribution in [3.05, 3.63) is 82.1 Å². The lowest BCUT2D eigenvalue weighted by Crippen LogP contribution is -2.28. The van der Waals surface area contributed by atoms with Gasteiger partial charge < -0.3 is 14.5 Å². The highest BCUT2D eigenvalue weighted by atomic mass is 35.5. The second-order valence-electron chi connectivity index (χ2n) is 9.70. The predicted molar refractivity (Wildman–Crippen MR) is 143 cm³/mol. The van der Waals surface area contributed by atoms with E-state index in [1.165, 1.54) is 30.9 Å². The molecule has 0 radical (unpaired) electrons. The molecule has 2 N–H and O–H groups in total. The van der Waals surface area contributed by atoms with E-state index in [2.05, 4.69) is 33.4 Å². The van der Waals surface area contributed by atoms with Gasteiger partial charge in [0, 0.05) is 40.8 Å². The van der Waals surface area contributed by atoms with E-state index in [4.69, 9.17) is 15.8 Å². The van der Waals surface area contributed by atoms with Crippen LogP contribution in [0.2, 0.25) is 5.02 Å². The third-order valence-electron chi connectivity index (χ3n) is 7.12. The number of hydrogen-bond acceptors (Lipinski definition) is 5. The van der Waals surface area contributed by atoms with Gasteiger partial charge in [-0.2, -0.15) is 8.42 Å². The van der Waals surface area contributed by atoms with E-state index in [9.17, 15) is 17.6 Å². The summed E-state index contributed by atoms with van der Waals surface area (Å²) < 4.78 is 44.7. The maximum atomic E-state index is 13.4. The van der Waals surface area contributed by atoms with Crippen molar-refractivity contribution in [1.82, 2.24) is 15.2 Å². The van der Waals surface area contributed by atoms with Gasteiger partial charge in [0.25, 0.3) is 5.91 Å². The van der Waals surface area contributed by atoms with Gasteiger partial charge in [-0.05, 0) is 80.0 Å². The first kappa shape index (κ1) is 24.9. The number of H-pyrrole nitrogens is 1. The van der Waals surface area contributed by atoms with Crippen molar-refractivity contribution in [3.8, 4) is 17.0 Å². The van der Waals surface area contributed by atoms with Gasteiger partial charge in [-0.1, -0.05) is 24.1 Å². The average molecular weight is 554 g/mol. The van der Waals surface area contributed by atoms with Crippen LogP contribution in [-0.4, -0.2) is 37.3 Å². The molecule has 0 bridgehead atoms. The van der Waals surface area contributed by atoms with E-state index in [1.807, 2.05) is 6.07 Å². The monoisotopic (exact) mass is 553 g/mol. The fourth-order valence-corrected chi connectivity index (χ4v) is 6.73. The molecular weight excluding hydrogens is 529 g/mol. The Morgan fingerprint density at radius 2 is 1.82 bits per heavy atom. The summed E-state index contributed by atoms with van der Waals surface area (Å²) in [5.74, 6) is -0.963. The molecule has 196 valence electrons. The van der Waals surface area contributed by atoms with Gasteiger partial charge in [0.2, 0.25) is 0 Å². The number of benzene rings is 3. The van der Waals surface area contributed by atoms with Crippen molar-refractivity contribution in [2.45, 2.75) is 37.2 Å². The number of rotatable bonds is 6. The van der Waals surface area contributed by atoms with Crippen molar-refractivity contribution >= 4 is 38.5 Å². The number of aromatic amines is 1. The number of fused-ring (bicyclic) bond motifs is 2. The van der Waals surface area contributed by atoms with Crippen LogP contribution >= 0.6 is 11.6 Å². The third kappa shape index (κ3) is 4.66. The number of amides is 1. The molecule has 10 heteroatoms. The van der Waals surface area contributed by atoms with E-state index >= 15 is 0 Å². The first-order valence-electron chi connectivity index (χ1n) is 12.5. The van der Waals surface area contributed by atoms with Crippen LogP contribution in [0.4, 0.5) is 4.39 Å². The minimum atomic E-state index is -4.36. The zero-order valence-corrected chi connectivity index (χ0v) is 22.0. The summed E-state index contributed by atoms with van der Waals surface area (Å²) in [5.41, 5.74) is 4.36. The summed E-state index contributed by atoms with van der Waals surface area (Å²) in [5, 5.41) is 3.51. The molecule has 2 aliphatic heterocycles. The molecule has 2 aliphatic rings. The Hall–Kier alpha value is -3.40. The molecule has 1 saturated heterocycles. The molecule has 0 spiro atoms. The maximum Gasteiger partial charge on any atom is 0.340 e. The van der Waals surface area contributed by atoms with Crippen LogP contribution in [0.25, 0.3) is 22.2 Å². The lowest BCUT2D eigenvalue weighted by atomic mass is 9.99. The van der Waals surface area contributed by atoms with Gasteiger partial charge in [-0.15, -0.1) is 0 Å². The highest BCUT2D eigenvalue weighted by Crippen LogP contribution is 2.38. The van der Waals surface area contributed by atoms with Gasteiger partial charge >= 0.3 is 10.1 Å². The number of hydrogen-bond donors (Lipinski definition) is 2. The highest BCUT2D eigenvalue weighted by Gasteiger charge is 2.30. The van der Waals surface area contributed by atoms with Gasteiger partial charge in [-0.25, -0.2) is 4.39 Å². The first-order chi connectivity index (χ1) is 18.3. The van der Waals surface area contributed by atoms with Gasteiger partial charge in [0.05, 0.1) is 10.6 Å². The van der Waals surface area contributed by atoms with Crippen LogP contribution in [0.1, 0.15) is 40.7 Å². The van der Waals surface area contributed by atoms with Gasteiger partial charge in [0.1, 0.15) is 16.5 Å². The molecule has 38 heavy (non-hydrogen) atoms. The Kier molecular flexibility index (Phi) is 6.37. The van der Waals surface area contributed by atoms with Crippen LogP contribution in [0.3, 0.4) is 0 Å². The van der Waals surface area contributed by atoms with Crippen LogP contribution < -0.4 is 9.50 Å². The Bertz CT molecular complexity index is 1680. The number of aromatic nitrogens is 1. The molecule has 0 saturated carbocycles. The van der Waals surface area contributed by atoms with Crippen LogP contribution in [0.5, 0.6) is 5.75 Å². The molecule has 0 atom stereocenters. The number of piperidine rings is 1. The molecule has 3 aromatic carbocycles. The maximum absolute atomic E-state index is 13.4. The van der Waals surface area contributed by atoms with Crippen molar-refractivity contribution in [2.75, 3.05) is 13.1 Å². The van der Waals surface area contributed by atoms with Crippen LogP contribution in [-0.2, 0) is 23.2 Å². The summed E-state index contributed by atoms with van der Waals surface area (Å²) in [6, 6.07) is 14.5. The van der Waals surface area contributed by atoms with Crippen molar-refractivity contribution < 1.29 is 21.8 Å². The van der Waals surface area contributed by atoms with Crippen molar-refractivity contribution in [2.24, 2.45) is 0 Å². The molecule has 0 aliphatic carbocycles. The topological polar surface area (TPSA) is 91.5 Å². The molecule has 4 aromatic rings. The molecule has 6 rings (SSSR count). The van der Waals surface area contributed by atoms with Crippen LogP contribution in [0.15, 0.2) is 59.5 Å². The van der Waals surface area contributed by atoms with Crippen LogP contribution in [0, 0.1) is 5.82 Å². The second kappa shape index (κ2) is 9.72. The minimum Gasteiger partial charge on any atom is -0.379 e. The van der Waals surface area contributed by atoms with Crippen molar-refractivity contribution in [3.63, 3.8) is 0 Å². The Morgan fingerprint density at radius 1 is 1.00 bits per heavy atom. The number of nitrogens with one attached hydrogen (secondary N) is 2. The summed E-state index contributed by atoms with van der Waals surface area (Å²) in [4.78, 5) is 18.3. The fourth-order valence-electron chi connectivity index (χ4n) is 5.27. The quantitative estimate of drug-likeness (QED) is 0.302. The number of carbonyl (C=O) groups excluding carboxylic acids is 1. The standard InChI is InChI=1S/C28H25ClFN3O4S/c29-22-14-19(30)5-9-26(22)38(35,36)37-25-8-6-20(27-21(25)15-31-28(27)34)24-13-18-12-17(4-7-23(18)32-24)16-33-10-2-1-3-11-33/h4-9,12-14,32H,1-3,10-11,15-16H2,(H,31,34). The Balaban J connectivity index is 1.33. The molecular formula is C28H25ClFN3O4S.